The van der Waals surface area contributed by atoms with Gasteiger partial charge in [-0.25, -0.2) is 0 Å². The summed E-state index contributed by atoms with van der Waals surface area (Å²) in [6, 6.07) is 19.6. The summed E-state index contributed by atoms with van der Waals surface area (Å²) in [5.74, 6) is 0. The van der Waals surface area contributed by atoms with Crippen LogP contribution in [0.5, 0.6) is 0 Å². The number of aryl methyl sites for hydroxylation is 4. The SMILES string of the molecule is Cc1cccc(C)c1[N+]1=Cc2cccc3[n+]2C1[N+](c1c(C)cccc1C)=C3. The second-order valence-electron chi connectivity index (χ2n) is 7.65. The first kappa shape index (κ1) is 16.1. The van der Waals surface area contributed by atoms with Crippen LogP contribution in [0.25, 0.3) is 0 Å². The molecule has 3 heteroatoms. The maximum Gasteiger partial charge on any atom is 0.555 e. The number of nitrogens with zero attached hydrogens (tertiary/aromatic N) is 3. The third-order valence-electron chi connectivity index (χ3n) is 5.76. The standard InChI is InChI=1S/C24H24N3/c1-16-8-5-9-17(2)22(16)25-14-20-12-7-13-21-15-26(24(25)27(20)21)23-18(3)10-6-11-19(23)4/h5-15,24H,1-4H3/q+3. The van der Waals surface area contributed by atoms with Gasteiger partial charge in [0.2, 0.25) is 11.4 Å². The van der Waals surface area contributed by atoms with Gasteiger partial charge >= 0.3 is 6.29 Å². The van der Waals surface area contributed by atoms with Crippen molar-refractivity contribution in [3.8, 4) is 0 Å². The first-order valence-corrected chi connectivity index (χ1v) is 9.49. The van der Waals surface area contributed by atoms with Gasteiger partial charge in [0.05, 0.1) is 0 Å². The van der Waals surface area contributed by atoms with E-state index in [4.69, 9.17) is 0 Å². The molecule has 0 unspecified atom stereocenters. The monoisotopic (exact) mass is 354 g/mol. The molecule has 0 saturated heterocycles. The molecule has 3 nitrogen and oxygen atoms in total. The molecule has 0 aliphatic carbocycles. The molecule has 0 N–H and O–H groups in total. The topological polar surface area (TPSA) is 9.90 Å². The summed E-state index contributed by atoms with van der Waals surface area (Å²) in [5, 5.41) is 0. The number of hydrogen-bond donors (Lipinski definition) is 0. The summed E-state index contributed by atoms with van der Waals surface area (Å²) in [6.07, 6.45) is 4.67. The first-order chi connectivity index (χ1) is 13.1. The van der Waals surface area contributed by atoms with Crippen molar-refractivity contribution in [1.29, 1.82) is 0 Å². The molecule has 2 aliphatic rings. The van der Waals surface area contributed by atoms with E-state index in [9.17, 15) is 0 Å². The lowest BCUT2D eigenvalue weighted by molar-refractivity contribution is -0.967. The van der Waals surface area contributed by atoms with E-state index in [0.717, 1.165) is 0 Å². The summed E-state index contributed by atoms with van der Waals surface area (Å²) in [4.78, 5) is 0. The van der Waals surface area contributed by atoms with E-state index in [1.54, 1.807) is 0 Å². The van der Waals surface area contributed by atoms with Crippen molar-refractivity contribution >= 4 is 23.8 Å². The second kappa shape index (κ2) is 5.71. The van der Waals surface area contributed by atoms with Gasteiger partial charge in [0.1, 0.15) is 0 Å². The van der Waals surface area contributed by atoms with Gasteiger partial charge in [-0.3, -0.25) is 0 Å². The summed E-state index contributed by atoms with van der Waals surface area (Å²) >= 11 is 0. The van der Waals surface area contributed by atoms with Gasteiger partial charge in [-0.05, 0) is 33.8 Å². The Kier molecular flexibility index (Phi) is 3.41. The molecule has 2 aromatic carbocycles. The van der Waals surface area contributed by atoms with Crippen molar-refractivity contribution in [2.45, 2.75) is 34.0 Å². The second-order valence-corrected chi connectivity index (χ2v) is 7.65. The molecule has 0 radical (unpaired) electrons. The third kappa shape index (κ3) is 2.24. The summed E-state index contributed by atoms with van der Waals surface area (Å²) < 4.78 is 7.29. The normalized spacial score (nSPS) is 15.0. The number of benzene rings is 2. The van der Waals surface area contributed by atoms with Crippen molar-refractivity contribution in [2.75, 3.05) is 0 Å². The van der Waals surface area contributed by atoms with E-state index < -0.39 is 0 Å². The molecular weight excluding hydrogens is 330 g/mol. The summed E-state index contributed by atoms with van der Waals surface area (Å²) in [7, 11) is 0. The fraction of sp³-hybridized carbons (Fsp3) is 0.208. The van der Waals surface area contributed by atoms with E-state index >= 15 is 0 Å². The summed E-state index contributed by atoms with van der Waals surface area (Å²) in [6.45, 7) is 8.80. The minimum Gasteiger partial charge on any atom is -0.0675 e. The van der Waals surface area contributed by atoms with Gasteiger partial charge in [-0.15, -0.1) is 0 Å². The third-order valence-corrected chi connectivity index (χ3v) is 5.76. The highest BCUT2D eigenvalue weighted by Crippen LogP contribution is 2.35. The van der Waals surface area contributed by atoms with Crippen LogP contribution in [0.15, 0.2) is 54.6 Å². The Morgan fingerprint density at radius 2 is 0.926 bits per heavy atom. The minimum atomic E-state index is 0.0933. The Labute approximate surface area is 160 Å². The zero-order valence-corrected chi connectivity index (χ0v) is 16.3. The molecule has 5 rings (SSSR count). The van der Waals surface area contributed by atoms with Crippen LogP contribution in [0.1, 0.15) is 39.9 Å². The van der Waals surface area contributed by atoms with Crippen LogP contribution in [0.4, 0.5) is 11.4 Å². The van der Waals surface area contributed by atoms with E-state index in [0.29, 0.717) is 0 Å². The molecule has 27 heavy (non-hydrogen) atoms. The van der Waals surface area contributed by atoms with E-state index in [2.05, 4.69) is 108 Å². The molecule has 2 aliphatic heterocycles. The van der Waals surface area contributed by atoms with Crippen molar-refractivity contribution < 1.29 is 13.7 Å². The predicted octanol–water partition coefficient (Wildman–Crippen LogP) is 4.22. The maximum absolute atomic E-state index is 2.43. The van der Waals surface area contributed by atoms with Crippen LogP contribution in [-0.4, -0.2) is 21.6 Å². The first-order valence-electron chi connectivity index (χ1n) is 9.49. The van der Waals surface area contributed by atoms with Crippen LogP contribution >= 0.6 is 0 Å². The molecule has 0 spiro atoms. The molecule has 0 fully saturated rings. The van der Waals surface area contributed by atoms with Crippen molar-refractivity contribution in [2.24, 2.45) is 0 Å². The highest BCUT2D eigenvalue weighted by molar-refractivity contribution is 5.78. The lowest BCUT2D eigenvalue weighted by atomic mass is 10.1. The van der Waals surface area contributed by atoms with Gasteiger partial charge in [-0.1, -0.05) is 50.1 Å². The minimum absolute atomic E-state index is 0.0933. The quantitative estimate of drug-likeness (QED) is 0.610. The fourth-order valence-corrected chi connectivity index (χ4v) is 4.62. The van der Waals surface area contributed by atoms with Crippen molar-refractivity contribution in [1.82, 2.24) is 0 Å². The van der Waals surface area contributed by atoms with E-state index in [1.165, 1.54) is 45.0 Å². The van der Waals surface area contributed by atoms with Crippen LogP contribution in [0.3, 0.4) is 0 Å². The smallest absolute Gasteiger partial charge is 0.0675 e. The zero-order chi connectivity index (χ0) is 18.7. The van der Waals surface area contributed by atoms with Crippen LogP contribution in [0, 0.1) is 27.7 Å². The lowest BCUT2D eigenvalue weighted by Gasteiger charge is -2.09. The van der Waals surface area contributed by atoms with Gasteiger partial charge in [0.15, 0.2) is 0 Å². The van der Waals surface area contributed by atoms with Gasteiger partial charge < -0.3 is 0 Å². The van der Waals surface area contributed by atoms with Crippen LogP contribution in [-0.2, 0) is 0 Å². The highest BCUT2D eigenvalue weighted by Gasteiger charge is 2.57. The van der Waals surface area contributed by atoms with Crippen LogP contribution in [0.2, 0.25) is 0 Å². The molecular formula is C24H24N3+3. The molecule has 0 amide bonds. The molecule has 132 valence electrons. The van der Waals surface area contributed by atoms with Gasteiger partial charge in [-0.2, -0.15) is 0 Å². The lowest BCUT2D eigenvalue weighted by Crippen LogP contribution is -2.45. The number of pyridine rings is 1. The van der Waals surface area contributed by atoms with E-state index in [1.807, 2.05) is 0 Å². The molecule has 3 aromatic rings. The average molecular weight is 354 g/mol. The van der Waals surface area contributed by atoms with E-state index in [-0.39, 0.29) is 6.29 Å². The maximum atomic E-state index is 2.43. The number of rotatable bonds is 2. The Morgan fingerprint density at radius 1 is 0.556 bits per heavy atom. The summed E-state index contributed by atoms with van der Waals surface area (Å²) in [5.41, 5.74) is 10.3. The average Bonchev–Trinajstić information content (AvgIpc) is 3.18. The highest BCUT2D eigenvalue weighted by atomic mass is 15.4. The largest absolute Gasteiger partial charge is 0.555 e. The zero-order valence-electron chi connectivity index (χ0n) is 16.3. The fourth-order valence-electron chi connectivity index (χ4n) is 4.62. The van der Waals surface area contributed by atoms with Crippen LogP contribution < -0.4 is 4.57 Å². The van der Waals surface area contributed by atoms with Gasteiger partial charge in [0.25, 0.3) is 23.8 Å². The molecule has 3 heterocycles. The number of para-hydroxylation sites is 2. The van der Waals surface area contributed by atoms with Crippen molar-refractivity contribution in [3.05, 3.63) is 88.2 Å². The van der Waals surface area contributed by atoms with Crippen molar-refractivity contribution in [3.63, 3.8) is 0 Å². The Morgan fingerprint density at radius 3 is 1.33 bits per heavy atom. The van der Waals surface area contributed by atoms with Gasteiger partial charge in [0, 0.05) is 34.4 Å². The molecule has 0 atom stereocenters. The molecule has 0 saturated carbocycles. The Hall–Kier alpha value is -3.07. The predicted molar refractivity (Wildman–Crippen MR) is 108 cm³/mol. The number of hydrogen-bond acceptors (Lipinski definition) is 0. The molecule has 1 aromatic heterocycles. The number of aromatic nitrogens is 1. The Balaban J connectivity index is 1.78. The molecule has 0 bridgehead atoms. The Bertz CT molecular complexity index is 1040.